The normalized spacial score (nSPS) is 18.1. The number of ether oxygens (including phenoxy) is 2. The molecule has 1 unspecified atom stereocenters. The van der Waals surface area contributed by atoms with E-state index < -0.39 is 24.2 Å². The first kappa shape index (κ1) is 27.3. The largest absolute Gasteiger partial charge is 0.472 e. The van der Waals surface area contributed by atoms with E-state index in [0.29, 0.717) is 50.0 Å². The lowest BCUT2D eigenvalue weighted by Gasteiger charge is -2.33. The number of rotatable bonds is 7. The number of carbonyl (C=O) groups excluding carboxylic acids is 1. The number of nitrogens with zero attached hydrogens (tertiary/aromatic N) is 4. The van der Waals surface area contributed by atoms with E-state index in [4.69, 9.17) is 14.3 Å². The Hall–Kier alpha value is -3.76. The second-order valence-corrected chi connectivity index (χ2v) is 8.92. The van der Waals surface area contributed by atoms with Gasteiger partial charge in [0.15, 0.2) is 0 Å². The minimum atomic E-state index is -4.66. The number of nitrogens with one attached hydrogen (secondary N) is 1. The third kappa shape index (κ3) is 6.03. The molecule has 0 spiro atoms. The molecule has 0 bridgehead atoms. The van der Waals surface area contributed by atoms with Gasteiger partial charge in [0.25, 0.3) is 5.91 Å². The van der Waals surface area contributed by atoms with Gasteiger partial charge in [-0.2, -0.15) is 18.4 Å². The fourth-order valence-corrected chi connectivity index (χ4v) is 4.35. The molecule has 1 amide bonds. The van der Waals surface area contributed by atoms with Gasteiger partial charge in [0.05, 0.1) is 23.4 Å². The number of hydroxylamine groups is 1. The van der Waals surface area contributed by atoms with E-state index in [0.717, 1.165) is 0 Å². The van der Waals surface area contributed by atoms with Gasteiger partial charge in [-0.15, -0.1) is 5.48 Å². The van der Waals surface area contributed by atoms with Crippen molar-refractivity contribution in [1.82, 2.24) is 15.4 Å². The summed E-state index contributed by atoms with van der Waals surface area (Å²) in [5, 5.41) is 9.66. The molecule has 9 nitrogen and oxygen atoms in total. The number of aromatic nitrogens is 1. The molecule has 1 atom stereocenters. The molecule has 38 heavy (non-hydrogen) atoms. The number of halogens is 4. The molecule has 0 radical (unpaired) electrons. The molecule has 1 N–H and O–H groups in total. The zero-order valence-electron chi connectivity index (χ0n) is 20.6. The molecule has 1 saturated heterocycles. The smallest absolute Gasteiger partial charge is 0.416 e. The number of hydrogen-bond acceptors (Lipinski definition) is 8. The van der Waals surface area contributed by atoms with Crippen LogP contribution in [-0.4, -0.2) is 48.1 Å². The minimum absolute atomic E-state index is 0.0884. The lowest BCUT2D eigenvalue weighted by Crippen LogP contribution is -2.43. The number of amides is 1. The van der Waals surface area contributed by atoms with Crippen molar-refractivity contribution in [2.75, 3.05) is 20.2 Å². The first-order chi connectivity index (χ1) is 18.1. The second kappa shape index (κ2) is 11.3. The molecule has 202 valence electrons. The molecular formula is C25H25F4N5O4. The number of alkyl halides is 3. The highest BCUT2D eigenvalue weighted by Crippen LogP contribution is 2.31. The van der Waals surface area contributed by atoms with E-state index in [1.54, 1.807) is 11.8 Å². The molecule has 3 heterocycles. The van der Waals surface area contributed by atoms with Crippen LogP contribution in [0.3, 0.4) is 0 Å². The van der Waals surface area contributed by atoms with E-state index in [1.165, 1.54) is 13.2 Å². The molecule has 2 aliphatic rings. The Bertz CT molecular complexity index is 1270. The number of piperidine rings is 1. The van der Waals surface area contributed by atoms with Gasteiger partial charge in [0.2, 0.25) is 11.8 Å². The van der Waals surface area contributed by atoms with Gasteiger partial charge >= 0.3 is 6.18 Å². The van der Waals surface area contributed by atoms with Crippen molar-refractivity contribution >= 4 is 11.8 Å². The molecule has 1 aromatic carbocycles. The standard InChI is InChI=1S/C25H25F4N5O4/c1-14-31-22(33-38-14)15-5-7-34(8-6-15)24(35)19-10-16(11-30)23(32-21(19)13-36-2)37-12-17-9-18(25(27,28)29)3-4-20(17)26/h3-4,9-10,15,22,33H,5-8,12-13H2,1-2H3. The summed E-state index contributed by atoms with van der Waals surface area (Å²) in [4.78, 5) is 28.9. The summed E-state index contributed by atoms with van der Waals surface area (Å²) in [5.41, 5.74) is 1.70. The zero-order chi connectivity index (χ0) is 27.4. The highest BCUT2D eigenvalue weighted by molar-refractivity contribution is 5.96. The van der Waals surface area contributed by atoms with Gasteiger partial charge in [-0.05, 0) is 37.1 Å². The average molecular weight is 535 g/mol. The third-order valence-electron chi connectivity index (χ3n) is 6.36. The quantitative estimate of drug-likeness (QED) is 0.535. The van der Waals surface area contributed by atoms with Crippen LogP contribution in [0.25, 0.3) is 0 Å². The summed E-state index contributed by atoms with van der Waals surface area (Å²) in [6.45, 7) is 1.97. The fraction of sp³-hybridized carbons (Fsp3) is 0.440. The Morgan fingerprint density at radius 1 is 1.26 bits per heavy atom. The van der Waals surface area contributed by atoms with E-state index in [9.17, 15) is 27.6 Å². The van der Waals surface area contributed by atoms with Gasteiger partial charge in [-0.1, -0.05) is 0 Å². The van der Waals surface area contributed by atoms with Crippen LogP contribution < -0.4 is 10.2 Å². The molecule has 1 fully saturated rings. The van der Waals surface area contributed by atoms with E-state index in [2.05, 4.69) is 15.5 Å². The highest BCUT2D eigenvalue weighted by atomic mass is 19.4. The van der Waals surface area contributed by atoms with Crippen LogP contribution in [0.2, 0.25) is 0 Å². The van der Waals surface area contributed by atoms with Gasteiger partial charge in [-0.25, -0.2) is 14.4 Å². The maximum absolute atomic E-state index is 14.1. The van der Waals surface area contributed by atoms with Crippen molar-refractivity contribution in [3.63, 3.8) is 0 Å². The number of nitriles is 1. The highest BCUT2D eigenvalue weighted by Gasteiger charge is 2.33. The lowest BCUT2D eigenvalue weighted by atomic mass is 9.93. The minimum Gasteiger partial charge on any atom is -0.472 e. The number of methoxy groups -OCH3 is 1. The summed E-state index contributed by atoms with van der Waals surface area (Å²) >= 11 is 0. The van der Waals surface area contributed by atoms with Crippen molar-refractivity contribution in [2.45, 2.75) is 45.3 Å². The molecule has 13 heteroatoms. The van der Waals surface area contributed by atoms with Crippen molar-refractivity contribution in [1.29, 1.82) is 5.26 Å². The Balaban J connectivity index is 1.52. The van der Waals surface area contributed by atoms with Crippen LogP contribution in [0.4, 0.5) is 17.6 Å². The Morgan fingerprint density at radius 2 is 2.00 bits per heavy atom. The Morgan fingerprint density at radius 3 is 2.61 bits per heavy atom. The van der Waals surface area contributed by atoms with Crippen molar-refractivity contribution in [2.24, 2.45) is 10.9 Å². The SMILES string of the molecule is COCc1nc(OCc2cc(C(F)(F)F)ccc2F)c(C#N)cc1C(=O)N1CCC(C2N=C(C)ON2)CC1. The van der Waals surface area contributed by atoms with Crippen molar-refractivity contribution in [3.05, 3.63) is 58.0 Å². The number of pyridine rings is 1. The summed E-state index contributed by atoms with van der Waals surface area (Å²) in [7, 11) is 1.40. The number of benzene rings is 1. The van der Waals surface area contributed by atoms with Gasteiger partial charge in [-0.3, -0.25) is 4.79 Å². The maximum Gasteiger partial charge on any atom is 0.416 e. The van der Waals surface area contributed by atoms with Crippen LogP contribution in [0, 0.1) is 23.1 Å². The molecular weight excluding hydrogens is 510 g/mol. The van der Waals surface area contributed by atoms with Crippen molar-refractivity contribution in [3.8, 4) is 11.9 Å². The van der Waals surface area contributed by atoms with Crippen LogP contribution >= 0.6 is 0 Å². The lowest BCUT2D eigenvalue weighted by molar-refractivity contribution is -0.137. The monoisotopic (exact) mass is 535 g/mol. The summed E-state index contributed by atoms with van der Waals surface area (Å²) in [6, 6.07) is 5.17. The Kier molecular flexibility index (Phi) is 8.13. The summed E-state index contributed by atoms with van der Waals surface area (Å²) in [6.07, 6.45) is -3.45. The molecule has 4 rings (SSSR count). The number of hydrogen-bond donors (Lipinski definition) is 1. The van der Waals surface area contributed by atoms with Crippen molar-refractivity contribution < 1.29 is 36.7 Å². The molecule has 0 saturated carbocycles. The number of aliphatic imine (C=N–C) groups is 1. The zero-order valence-corrected chi connectivity index (χ0v) is 20.6. The summed E-state index contributed by atoms with van der Waals surface area (Å²) in [5.74, 6) is -0.734. The van der Waals surface area contributed by atoms with E-state index in [1.807, 2.05) is 6.07 Å². The predicted octanol–water partition coefficient (Wildman–Crippen LogP) is 3.97. The van der Waals surface area contributed by atoms with Gasteiger partial charge in [0, 0.05) is 38.6 Å². The predicted molar refractivity (Wildman–Crippen MR) is 125 cm³/mol. The maximum atomic E-state index is 14.1. The number of likely N-dealkylation sites (tertiary alicyclic amines) is 1. The van der Waals surface area contributed by atoms with Gasteiger partial charge in [0.1, 0.15) is 30.2 Å². The topological polar surface area (TPSA) is 109 Å². The molecule has 1 aromatic heterocycles. The summed E-state index contributed by atoms with van der Waals surface area (Å²) < 4.78 is 63.8. The second-order valence-electron chi connectivity index (χ2n) is 8.92. The van der Waals surface area contributed by atoms with Crippen LogP contribution in [0.1, 0.15) is 52.5 Å². The van der Waals surface area contributed by atoms with Crippen LogP contribution in [-0.2, 0) is 29.0 Å². The molecule has 0 aliphatic carbocycles. The van der Waals surface area contributed by atoms with E-state index >= 15 is 0 Å². The van der Waals surface area contributed by atoms with Gasteiger partial charge < -0.3 is 19.2 Å². The number of carbonyl (C=O) groups is 1. The van der Waals surface area contributed by atoms with Crippen LogP contribution in [0.15, 0.2) is 29.3 Å². The fourth-order valence-electron chi connectivity index (χ4n) is 4.35. The average Bonchev–Trinajstić information content (AvgIpc) is 3.33. The van der Waals surface area contributed by atoms with E-state index in [-0.39, 0.29) is 52.9 Å². The first-order valence-electron chi connectivity index (χ1n) is 11.8. The Labute approximate surface area is 216 Å². The molecule has 2 aromatic rings. The molecule has 2 aliphatic heterocycles. The first-order valence-corrected chi connectivity index (χ1v) is 11.8. The third-order valence-corrected chi connectivity index (χ3v) is 6.36. The van der Waals surface area contributed by atoms with Crippen LogP contribution in [0.5, 0.6) is 5.88 Å².